The number of nitrogens with zero attached hydrogens (tertiary/aromatic N) is 1. The molecule has 0 aromatic heterocycles. The van der Waals surface area contributed by atoms with E-state index in [1.807, 2.05) is 30.3 Å². The van der Waals surface area contributed by atoms with Gasteiger partial charge in [-0.15, -0.1) is 0 Å². The Labute approximate surface area is 106 Å². The molecule has 0 saturated carbocycles. The van der Waals surface area contributed by atoms with Gasteiger partial charge in [-0.2, -0.15) is 0 Å². The molecule has 0 aliphatic heterocycles. The summed E-state index contributed by atoms with van der Waals surface area (Å²) in [5.74, 6) is -2.26. The Morgan fingerprint density at radius 2 is 1.78 bits per heavy atom. The molecule has 1 aromatic rings. The summed E-state index contributed by atoms with van der Waals surface area (Å²) in [6.45, 7) is 1.81. The van der Waals surface area contributed by atoms with E-state index in [1.165, 1.54) is 6.92 Å². The minimum atomic E-state index is -1.42. The quantitative estimate of drug-likeness (QED) is 0.799. The largest absolute Gasteiger partial charge is 0.481 e. The lowest BCUT2D eigenvalue weighted by Gasteiger charge is -2.33. The van der Waals surface area contributed by atoms with Crippen LogP contribution in [0, 0.1) is 0 Å². The second-order valence-electron chi connectivity index (χ2n) is 4.49. The molecule has 0 aliphatic rings. The van der Waals surface area contributed by atoms with E-state index in [-0.39, 0.29) is 0 Å². The average Bonchev–Trinajstić information content (AvgIpc) is 2.29. The van der Waals surface area contributed by atoms with E-state index >= 15 is 0 Å². The molecule has 1 atom stereocenters. The van der Waals surface area contributed by atoms with Crippen LogP contribution in [0.25, 0.3) is 0 Å². The predicted octanol–water partition coefficient (Wildman–Crippen LogP) is 1.44. The van der Waals surface area contributed by atoms with Crippen molar-refractivity contribution in [3.05, 3.63) is 35.9 Å². The summed E-state index contributed by atoms with van der Waals surface area (Å²) in [6, 6.07) is 9.34. The van der Waals surface area contributed by atoms with E-state index in [0.717, 1.165) is 5.56 Å². The highest BCUT2D eigenvalue weighted by atomic mass is 16.4. The van der Waals surface area contributed by atoms with Crippen molar-refractivity contribution in [3.63, 3.8) is 0 Å². The zero-order chi connectivity index (χ0) is 13.8. The third-order valence-electron chi connectivity index (χ3n) is 3.06. The first kappa shape index (κ1) is 14.2. The van der Waals surface area contributed by atoms with E-state index in [1.54, 1.807) is 11.9 Å². The molecular formula is C13H17NO4. The van der Waals surface area contributed by atoms with Gasteiger partial charge in [-0.25, -0.2) is 0 Å². The SMILES string of the molecule is CN(Cc1ccccc1)[C@](C)(CC(=O)O)C(=O)O. The Kier molecular flexibility index (Phi) is 4.44. The minimum absolute atomic E-state index is 0.386. The summed E-state index contributed by atoms with van der Waals surface area (Å²) in [7, 11) is 1.62. The van der Waals surface area contributed by atoms with E-state index < -0.39 is 23.9 Å². The van der Waals surface area contributed by atoms with Crippen LogP contribution < -0.4 is 0 Å². The molecule has 0 bridgehead atoms. The third kappa shape index (κ3) is 3.30. The van der Waals surface area contributed by atoms with E-state index in [0.29, 0.717) is 6.54 Å². The number of carboxylic acid groups (broad SMARTS) is 2. The molecule has 98 valence electrons. The fraction of sp³-hybridized carbons (Fsp3) is 0.385. The Morgan fingerprint density at radius 3 is 2.22 bits per heavy atom. The highest BCUT2D eigenvalue weighted by Gasteiger charge is 2.39. The lowest BCUT2D eigenvalue weighted by atomic mass is 9.95. The molecule has 0 unspecified atom stereocenters. The number of hydrogen-bond acceptors (Lipinski definition) is 3. The van der Waals surface area contributed by atoms with Crippen molar-refractivity contribution in [2.45, 2.75) is 25.4 Å². The molecule has 0 heterocycles. The Hall–Kier alpha value is -1.88. The lowest BCUT2D eigenvalue weighted by molar-refractivity contribution is -0.156. The van der Waals surface area contributed by atoms with Crippen LogP contribution in [0.3, 0.4) is 0 Å². The Balaban J connectivity index is 2.87. The first-order chi connectivity index (χ1) is 8.36. The molecule has 0 radical (unpaired) electrons. The highest BCUT2D eigenvalue weighted by Crippen LogP contribution is 2.21. The average molecular weight is 251 g/mol. The molecule has 0 saturated heterocycles. The molecule has 0 spiro atoms. The van der Waals surface area contributed by atoms with Crippen LogP contribution in [0.2, 0.25) is 0 Å². The van der Waals surface area contributed by atoms with Crippen LogP contribution in [0.5, 0.6) is 0 Å². The molecule has 0 fully saturated rings. The van der Waals surface area contributed by atoms with Gasteiger partial charge < -0.3 is 10.2 Å². The van der Waals surface area contributed by atoms with Crippen LogP contribution in [0.4, 0.5) is 0 Å². The van der Waals surface area contributed by atoms with Crippen molar-refractivity contribution in [2.24, 2.45) is 0 Å². The maximum absolute atomic E-state index is 11.3. The van der Waals surface area contributed by atoms with Gasteiger partial charge in [0, 0.05) is 6.54 Å². The zero-order valence-corrected chi connectivity index (χ0v) is 10.5. The lowest BCUT2D eigenvalue weighted by Crippen LogP contribution is -2.51. The van der Waals surface area contributed by atoms with Crippen LogP contribution in [0.1, 0.15) is 18.9 Å². The van der Waals surface area contributed by atoms with Gasteiger partial charge in [-0.3, -0.25) is 14.5 Å². The van der Waals surface area contributed by atoms with Crippen molar-refractivity contribution in [2.75, 3.05) is 7.05 Å². The molecule has 5 nitrogen and oxygen atoms in total. The summed E-state index contributed by atoms with van der Waals surface area (Å²) in [6.07, 6.45) is -0.439. The summed E-state index contributed by atoms with van der Waals surface area (Å²) in [5, 5.41) is 18.0. The predicted molar refractivity (Wildman–Crippen MR) is 66.2 cm³/mol. The second kappa shape index (κ2) is 5.64. The molecule has 0 amide bonds. The van der Waals surface area contributed by atoms with Gasteiger partial charge in [0.05, 0.1) is 6.42 Å². The van der Waals surface area contributed by atoms with Crippen molar-refractivity contribution in [3.8, 4) is 0 Å². The molecular weight excluding hydrogens is 234 g/mol. The molecule has 1 rings (SSSR count). The van der Waals surface area contributed by atoms with Gasteiger partial charge in [-0.1, -0.05) is 30.3 Å². The van der Waals surface area contributed by atoms with Crippen LogP contribution >= 0.6 is 0 Å². The summed E-state index contributed by atoms with van der Waals surface area (Å²) >= 11 is 0. The van der Waals surface area contributed by atoms with Gasteiger partial charge in [0.25, 0.3) is 0 Å². The topological polar surface area (TPSA) is 77.8 Å². The first-order valence-corrected chi connectivity index (χ1v) is 5.56. The molecule has 1 aromatic carbocycles. The zero-order valence-electron chi connectivity index (χ0n) is 10.5. The van der Waals surface area contributed by atoms with Crippen LogP contribution in [-0.2, 0) is 16.1 Å². The Bertz CT molecular complexity index is 432. The maximum atomic E-state index is 11.3. The van der Waals surface area contributed by atoms with Crippen molar-refractivity contribution in [1.82, 2.24) is 4.90 Å². The van der Waals surface area contributed by atoms with Crippen molar-refractivity contribution in [1.29, 1.82) is 0 Å². The van der Waals surface area contributed by atoms with Gasteiger partial charge in [0.2, 0.25) is 0 Å². The molecule has 18 heavy (non-hydrogen) atoms. The van der Waals surface area contributed by atoms with E-state index in [2.05, 4.69) is 0 Å². The minimum Gasteiger partial charge on any atom is -0.481 e. The number of carbonyl (C=O) groups is 2. The molecule has 2 N–H and O–H groups in total. The number of aliphatic carboxylic acids is 2. The van der Waals surface area contributed by atoms with Gasteiger partial charge in [0.15, 0.2) is 0 Å². The highest BCUT2D eigenvalue weighted by molar-refractivity contribution is 5.84. The van der Waals surface area contributed by atoms with Gasteiger partial charge in [0.1, 0.15) is 5.54 Å². The maximum Gasteiger partial charge on any atom is 0.324 e. The smallest absolute Gasteiger partial charge is 0.324 e. The fourth-order valence-corrected chi connectivity index (χ4v) is 1.70. The van der Waals surface area contributed by atoms with Crippen LogP contribution in [-0.4, -0.2) is 39.6 Å². The molecule has 5 heteroatoms. The summed E-state index contributed by atoms with van der Waals surface area (Å²) in [4.78, 5) is 23.6. The number of hydrogen-bond donors (Lipinski definition) is 2. The number of benzene rings is 1. The Morgan fingerprint density at radius 1 is 1.22 bits per heavy atom. The fourth-order valence-electron chi connectivity index (χ4n) is 1.70. The monoisotopic (exact) mass is 251 g/mol. The summed E-state index contributed by atoms with van der Waals surface area (Å²) in [5.41, 5.74) is -0.473. The van der Waals surface area contributed by atoms with Gasteiger partial charge in [-0.05, 0) is 19.5 Å². The van der Waals surface area contributed by atoms with Crippen LogP contribution in [0.15, 0.2) is 30.3 Å². The van der Waals surface area contributed by atoms with Crippen molar-refractivity contribution < 1.29 is 19.8 Å². The normalized spacial score (nSPS) is 14.2. The van der Waals surface area contributed by atoms with E-state index in [9.17, 15) is 14.7 Å². The number of carboxylic acids is 2. The second-order valence-corrected chi connectivity index (χ2v) is 4.49. The molecule has 0 aliphatic carbocycles. The number of likely N-dealkylation sites (N-methyl/N-ethyl adjacent to an activating group) is 1. The third-order valence-corrected chi connectivity index (χ3v) is 3.06. The first-order valence-electron chi connectivity index (χ1n) is 5.56. The number of rotatable bonds is 6. The van der Waals surface area contributed by atoms with Gasteiger partial charge >= 0.3 is 11.9 Å². The van der Waals surface area contributed by atoms with E-state index in [4.69, 9.17) is 5.11 Å². The standard InChI is InChI=1S/C13H17NO4/c1-13(12(17)18,8-11(15)16)14(2)9-10-6-4-3-5-7-10/h3-7H,8-9H2,1-2H3,(H,15,16)(H,17,18)/t13-/m1/s1. The summed E-state index contributed by atoms with van der Waals surface area (Å²) < 4.78 is 0. The van der Waals surface area contributed by atoms with Crippen molar-refractivity contribution >= 4 is 11.9 Å².